The summed E-state index contributed by atoms with van der Waals surface area (Å²) in [5.74, 6) is 0.543. The van der Waals surface area contributed by atoms with Crippen molar-refractivity contribution in [2.24, 2.45) is 5.10 Å². The molecule has 152 valence electrons. The van der Waals surface area contributed by atoms with E-state index in [0.29, 0.717) is 18.0 Å². The van der Waals surface area contributed by atoms with Crippen molar-refractivity contribution in [1.82, 2.24) is 19.4 Å². The number of ether oxygens (including phenoxy) is 1. The van der Waals surface area contributed by atoms with Crippen molar-refractivity contribution in [1.29, 1.82) is 0 Å². The molecule has 1 N–H and O–H groups in total. The quantitative estimate of drug-likeness (QED) is 0.393. The third-order valence-electron chi connectivity index (χ3n) is 4.71. The minimum atomic E-state index is -0.300. The maximum absolute atomic E-state index is 12.6. The summed E-state index contributed by atoms with van der Waals surface area (Å²) in [7, 11) is 0. The Morgan fingerprint density at radius 2 is 1.97 bits per heavy atom. The van der Waals surface area contributed by atoms with Crippen LogP contribution in [0.1, 0.15) is 34.2 Å². The van der Waals surface area contributed by atoms with E-state index in [1.165, 1.54) is 0 Å². The fraction of sp³-hybridized carbons (Fsp3) is 0.174. The second kappa shape index (κ2) is 8.24. The number of hydrazone groups is 1. The summed E-state index contributed by atoms with van der Waals surface area (Å²) >= 11 is 0. The molecule has 3 heterocycles. The largest absolute Gasteiger partial charge is 0.494 e. The lowest BCUT2D eigenvalue weighted by Gasteiger charge is -2.05. The van der Waals surface area contributed by atoms with Gasteiger partial charge in [0.15, 0.2) is 0 Å². The molecule has 0 saturated carbocycles. The molecule has 1 amide bonds. The van der Waals surface area contributed by atoms with E-state index in [-0.39, 0.29) is 5.91 Å². The fourth-order valence-electron chi connectivity index (χ4n) is 3.29. The van der Waals surface area contributed by atoms with Crippen molar-refractivity contribution in [2.45, 2.75) is 20.8 Å². The number of aromatic nitrogens is 3. The molecule has 0 aliphatic carbocycles. The molecular weight excluding hydrogens is 378 g/mol. The molecule has 0 bridgehead atoms. The molecule has 7 heteroatoms. The van der Waals surface area contributed by atoms with Crippen LogP contribution in [0.3, 0.4) is 0 Å². The zero-order valence-electron chi connectivity index (χ0n) is 17.2. The van der Waals surface area contributed by atoms with Gasteiger partial charge in [-0.2, -0.15) is 5.10 Å². The van der Waals surface area contributed by atoms with Crippen LogP contribution < -0.4 is 10.2 Å². The molecular formula is C23H23N5O2. The molecule has 0 radical (unpaired) electrons. The number of carbonyl (C=O) groups excluding carboxylic acids is 1. The first-order valence-corrected chi connectivity index (χ1v) is 9.75. The minimum Gasteiger partial charge on any atom is -0.494 e. The number of hydrogen-bond donors (Lipinski definition) is 1. The summed E-state index contributed by atoms with van der Waals surface area (Å²) in [6.45, 7) is 6.41. The van der Waals surface area contributed by atoms with Gasteiger partial charge in [-0.05, 0) is 68.8 Å². The van der Waals surface area contributed by atoms with Crippen molar-refractivity contribution >= 4 is 17.8 Å². The van der Waals surface area contributed by atoms with Gasteiger partial charge >= 0.3 is 0 Å². The number of amides is 1. The molecule has 0 saturated heterocycles. The first-order valence-electron chi connectivity index (χ1n) is 9.75. The summed E-state index contributed by atoms with van der Waals surface area (Å²) in [5.41, 5.74) is 7.46. The van der Waals surface area contributed by atoms with E-state index in [1.54, 1.807) is 10.6 Å². The normalized spacial score (nSPS) is 11.3. The zero-order chi connectivity index (χ0) is 21.1. The lowest BCUT2D eigenvalue weighted by atomic mass is 10.3. The smallest absolute Gasteiger partial charge is 0.290 e. The number of aryl methyl sites for hydroxylation is 2. The number of nitrogens with zero attached hydrogens (tertiary/aromatic N) is 4. The number of pyridine rings is 1. The summed E-state index contributed by atoms with van der Waals surface area (Å²) in [4.78, 5) is 17.1. The first-order chi connectivity index (χ1) is 14.5. The predicted molar refractivity (Wildman–Crippen MR) is 117 cm³/mol. The van der Waals surface area contributed by atoms with Gasteiger partial charge in [0.25, 0.3) is 5.91 Å². The van der Waals surface area contributed by atoms with Crippen LogP contribution in [-0.2, 0) is 0 Å². The highest BCUT2D eigenvalue weighted by Crippen LogP contribution is 2.16. The summed E-state index contributed by atoms with van der Waals surface area (Å²) in [6.07, 6.45) is 7.34. The third-order valence-corrected chi connectivity index (χ3v) is 4.71. The molecule has 0 atom stereocenters. The Bertz CT molecular complexity index is 1220. The molecule has 7 nitrogen and oxygen atoms in total. The predicted octanol–water partition coefficient (Wildman–Crippen LogP) is 3.90. The van der Waals surface area contributed by atoms with Crippen molar-refractivity contribution in [3.63, 3.8) is 0 Å². The Kier molecular flexibility index (Phi) is 5.34. The SMILES string of the molecule is CCOc1ccc(-n2ccc(C=NNC(=O)c3c(C)nc4cc(C)ccn34)c2)cc1. The van der Waals surface area contributed by atoms with E-state index in [2.05, 4.69) is 15.5 Å². The van der Waals surface area contributed by atoms with Gasteiger partial charge in [-0.3, -0.25) is 9.20 Å². The van der Waals surface area contributed by atoms with Gasteiger partial charge in [-0.15, -0.1) is 0 Å². The monoisotopic (exact) mass is 401 g/mol. The van der Waals surface area contributed by atoms with Crippen LogP contribution in [0.25, 0.3) is 11.3 Å². The highest BCUT2D eigenvalue weighted by atomic mass is 16.5. The number of nitrogens with one attached hydrogen (secondary N) is 1. The van der Waals surface area contributed by atoms with E-state index >= 15 is 0 Å². The van der Waals surface area contributed by atoms with E-state index in [0.717, 1.165) is 28.2 Å². The van der Waals surface area contributed by atoms with E-state index < -0.39 is 0 Å². The van der Waals surface area contributed by atoms with Crippen molar-refractivity contribution in [3.8, 4) is 11.4 Å². The van der Waals surface area contributed by atoms with Gasteiger partial charge in [-0.1, -0.05) is 0 Å². The lowest BCUT2D eigenvalue weighted by molar-refractivity contribution is 0.0948. The van der Waals surface area contributed by atoms with Crippen LogP contribution in [0.5, 0.6) is 5.75 Å². The summed E-state index contributed by atoms with van der Waals surface area (Å²) in [5, 5.41) is 4.11. The lowest BCUT2D eigenvalue weighted by Crippen LogP contribution is -2.20. The van der Waals surface area contributed by atoms with Crippen LogP contribution in [0, 0.1) is 13.8 Å². The Hall–Kier alpha value is -3.87. The van der Waals surface area contributed by atoms with Crippen molar-refractivity contribution < 1.29 is 9.53 Å². The summed E-state index contributed by atoms with van der Waals surface area (Å²) < 4.78 is 9.23. The van der Waals surface area contributed by atoms with E-state index in [4.69, 9.17) is 4.74 Å². The molecule has 0 spiro atoms. The topological polar surface area (TPSA) is 72.9 Å². The van der Waals surface area contributed by atoms with Crippen LogP contribution in [0.4, 0.5) is 0 Å². The van der Waals surface area contributed by atoms with E-state index in [9.17, 15) is 4.79 Å². The molecule has 0 unspecified atom stereocenters. The molecule has 1 aromatic carbocycles. The second-order valence-electron chi connectivity index (χ2n) is 6.96. The highest BCUT2D eigenvalue weighted by molar-refractivity contribution is 5.95. The molecule has 30 heavy (non-hydrogen) atoms. The van der Waals surface area contributed by atoms with Crippen LogP contribution in [0.15, 0.2) is 66.2 Å². The first kappa shape index (κ1) is 19.4. The number of fused-ring (bicyclic) bond motifs is 1. The molecule has 0 aliphatic rings. The highest BCUT2D eigenvalue weighted by Gasteiger charge is 2.16. The maximum Gasteiger partial charge on any atom is 0.290 e. The molecule has 0 aliphatic heterocycles. The Labute approximate surface area is 174 Å². The second-order valence-corrected chi connectivity index (χ2v) is 6.96. The van der Waals surface area contributed by atoms with Gasteiger partial charge in [0, 0.05) is 29.8 Å². The van der Waals surface area contributed by atoms with Gasteiger partial charge in [0.2, 0.25) is 0 Å². The minimum absolute atomic E-state index is 0.300. The average Bonchev–Trinajstić information content (AvgIpc) is 3.32. The van der Waals surface area contributed by atoms with Crippen molar-refractivity contribution in [3.05, 3.63) is 83.6 Å². The van der Waals surface area contributed by atoms with Crippen LogP contribution in [-0.4, -0.2) is 32.7 Å². The molecule has 3 aromatic heterocycles. The van der Waals surface area contributed by atoms with Crippen molar-refractivity contribution in [2.75, 3.05) is 6.61 Å². The molecule has 4 aromatic rings. The van der Waals surface area contributed by atoms with Gasteiger partial charge in [0.1, 0.15) is 17.1 Å². The number of benzene rings is 1. The standard InChI is InChI=1S/C23H23N5O2/c1-4-30-20-7-5-19(6-8-20)27-11-10-18(15-27)14-24-26-23(29)22-17(3)25-21-13-16(2)9-12-28(21)22/h5-15H,4H2,1-3H3,(H,26,29). The van der Waals surface area contributed by atoms with Gasteiger partial charge in [-0.25, -0.2) is 10.4 Å². The number of imidazole rings is 1. The van der Waals surface area contributed by atoms with Crippen LogP contribution in [0.2, 0.25) is 0 Å². The fourth-order valence-corrected chi connectivity index (χ4v) is 3.29. The van der Waals surface area contributed by atoms with Crippen LogP contribution >= 0.6 is 0 Å². The third kappa shape index (κ3) is 3.96. The van der Waals surface area contributed by atoms with Gasteiger partial charge in [0.05, 0.1) is 18.5 Å². The Morgan fingerprint density at radius 1 is 1.17 bits per heavy atom. The molecule has 4 rings (SSSR count). The molecule has 0 fully saturated rings. The van der Waals surface area contributed by atoms with Gasteiger partial charge < -0.3 is 9.30 Å². The Morgan fingerprint density at radius 3 is 2.73 bits per heavy atom. The average molecular weight is 401 g/mol. The maximum atomic E-state index is 12.6. The number of hydrogen-bond acceptors (Lipinski definition) is 4. The zero-order valence-corrected chi connectivity index (χ0v) is 17.2. The number of rotatable bonds is 6. The van der Waals surface area contributed by atoms with E-state index in [1.807, 2.05) is 86.4 Å². The Balaban J connectivity index is 1.45. The summed E-state index contributed by atoms with van der Waals surface area (Å²) in [6, 6.07) is 13.7. The number of carbonyl (C=O) groups is 1.